The number of aromatic amines is 1. The Balaban J connectivity index is 1.92. The van der Waals surface area contributed by atoms with Crippen molar-refractivity contribution >= 4 is 11.8 Å². The van der Waals surface area contributed by atoms with Gasteiger partial charge in [-0.25, -0.2) is 4.98 Å². The highest BCUT2D eigenvalue weighted by atomic mass is 16.2. The summed E-state index contributed by atoms with van der Waals surface area (Å²) in [4.78, 5) is 29.0. The molecule has 1 rings (SSSR count). The van der Waals surface area contributed by atoms with Crippen molar-refractivity contribution in [1.29, 1.82) is 0 Å². The predicted molar refractivity (Wildman–Crippen MR) is 72.5 cm³/mol. The molecule has 106 valence electrons. The number of nitrogens with zero attached hydrogens (tertiary/aromatic N) is 1. The fourth-order valence-corrected chi connectivity index (χ4v) is 1.70. The molecule has 0 saturated heterocycles. The van der Waals surface area contributed by atoms with Gasteiger partial charge in [0.25, 0.3) is 0 Å². The summed E-state index contributed by atoms with van der Waals surface area (Å²) >= 11 is 0. The lowest BCUT2D eigenvalue weighted by Crippen LogP contribution is -2.25. The van der Waals surface area contributed by atoms with Crippen molar-refractivity contribution in [3.05, 3.63) is 18.2 Å². The van der Waals surface area contributed by atoms with E-state index in [1.807, 2.05) is 0 Å². The lowest BCUT2D eigenvalue weighted by molar-refractivity contribution is -0.121. The number of amides is 2. The summed E-state index contributed by atoms with van der Waals surface area (Å²) in [5.74, 6) is 0.0793. The van der Waals surface area contributed by atoms with E-state index < -0.39 is 0 Å². The quantitative estimate of drug-likeness (QED) is 0.577. The van der Waals surface area contributed by atoms with Crippen LogP contribution in [0.1, 0.15) is 38.3 Å². The number of H-pyrrole nitrogens is 1. The number of carbonyl (C=O) groups excluding carboxylic acids is 2. The summed E-state index contributed by atoms with van der Waals surface area (Å²) < 4.78 is 0. The monoisotopic (exact) mass is 266 g/mol. The van der Waals surface area contributed by atoms with E-state index >= 15 is 0 Å². The minimum absolute atomic E-state index is 0.00319. The molecule has 1 aromatic heterocycles. The maximum Gasteiger partial charge on any atom is 0.220 e. The van der Waals surface area contributed by atoms with Gasteiger partial charge in [-0.15, -0.1) is 0 Å². The van der Waals surface area contributed by atoms with Crippen LogP contribution in [-0.4, -0.2) is 34.9 Å². The summed E-state index contributed by atoms with van der Waals surface area (Å²) in [6.45, 7) is 2.83. The van der Waals surface area contributed by atoms with Crippen LogP contribution in [0.4, 0.5) is 0 Å². The van der Waals surface area contributed by atoms with E-state index in [0.29, 0.717) is 19.5 Å². The van der Waals surface area contributed by atoms with Gasteiger partial charge < -0.3 is 15.6 Å². The normalized spacial score (nSPS) is 10.2. The second-order valence-electron chi connectivity index (χ2n) is 4.47. The van der Waals surface area contributed by atoms with Gasteiger partial charge in [0.15, 0.2) is 0 Å². The first-order valence-corrected chi connectivity index (χ1v) is 6.67. The molecule has 0 aliphatic rings. The average molecular weight is 266 g/mol. The highest BCUT2D eigenvalue weighted by Crippen LogP contribution is 1.99. The third-order valence-corrected chi connectivity index (χ3v) is 2.73. The predicted octanol–water partition coefficient (Wildman–Crippen LogP) is 0.765. The minimum Gasteiger partial charge on any atom is -0.356 e. The fraction of sp³-hybridized carbons (Fsp3) is 0.615. The maximum atomic E-state index is 11.5. The van der Waals surface area contributed by atoms with E-state index in [2.05, 4.69) is 20.6 Å². The second-order valence-corrected chi connectivity index (χ2v) is 4.47. The number of rotatable bonds is 9. The van der Waals surface area contributed by atoms with Gasteiger partial charge in [-0.05, 0) is 12.8 Å². The Morgan fingerprint density at radius 3 is 2.74 bits per heavy atom. The van der Waals surface area contributed by atoms with Crippen LogP contribution in [0.25, 0.3) is 0 Å². The van der Waals surface area contributed by atoms with Crippen LogP contribution in [0.2, 0.25) is 0 Å². The second kappa shape index (κ2) is 9.13. The molecule has 0 radical (unpaired) electrons. The number of hydrogen-bond acceptors (Lipinski definition) is 3. The van der Waals surface area contributed by atoms with E-state index in [4.69, 9.17) is 0 Å². The highest BCUT2D eigenvalue weighted by Gasteiger charge is 2.01. The first-order chi connectivity index (χ1) is 9.18. The molecule has 6 heteroatoms. The summed E-state index contributed by atoms with van der Waals surface area (Å²) in [7, 11) is 0. The molecule has 6 nitrogen and oxygen atoms in total. The first-order valence-electron chi connectivity index (χ1n) is 6.67. The van der Waals surface area contributed by atoms with Crippen molar-refractivity contribution in [3.63, 3.8) is 0 Å². The van der Waals surface area contributed by atoms with E-state index in [1.54, 1.807) is 12.5 Å². The van der Waals surface area contributed by atoms with Gasteiger partial charge in [-0.2, -0.15) is 0 Å². The molecule has 0 aliphatic carbocycles. The Kier molecular flexibility index (Phi) is 7.31. The summed E-state index contributed by atoms with van der Waals surface area (Å²) in [5, 5.41) is 5.61. The van der Waals surface area contributed by atoms with Gasteiger partial charge in [-0.3, -0.25) is 9.59 Å². The number of nitrogens with one attached hydrogen (secondary N) is 3. The molecule has 0 spiro atoms. The Bertz CT molecular complexity index is 376. The van der Waals surface area contributed by atoms with E-state index in [1.165, 1.54) is 6.92 Å². The summed E-state index contributed by atoms with van der Waals surface area (Å²) in [5.41, 5.74) is 1.02. The number of unbranched alkanes of at least 4 members (excludes halogenated alkanes) is 2. The first kappa shape index (κ1) is 15.2. The van der Waals surface area contributed by atoms with Gasteiger partial charge >= 0.3 is 0 Å². The fourth-order valence-electron chi connectivity index (χ4n) is 1.70. The number of carbonyl (C=O) groups is 2. The van der Waals surface area contributed by atoms with E-state index in [-0.39, 0.29) is 11.8 Å². The molecule has 19 heavy (non-hydrogen) atoms. The third-order valence-electron chi connectivity index (χ3n) is 2.73. The van der Waals surface area contributed by atoms with Gasteiger partial charge in [0.1, 0.15) is 0 Å². The number of imidazole rings is 1. The zero-order valence-corrected chi connectivity index (χ0v) is 11.4. The van der Waals surface area contributed by atoms with Crippen molar-refractivity contribution < 1.29 is 9.59 Å². The van der Waals surface area contributed by atoms with Gasteiger partial charge in [0, 0.05) is 44.7 Å². The van der Waals surface area contributed by atoms with Gasteiger partial charge in [0.2, 0.25) is 11.8 Å². The van der Waals surface area contributed by atoms with Crippen LogP contribution in [0, 0.1) is 0 Å². The molecular formula is C13H22N4O2. The van der Waals surface area contributed by atoms with Gasteiger partial charge in [0.05, 0.1) is 6.33 Å². The van der Waals surface area contributed by atoms with Crippen LogP contribution in [0.5, 0.6) is 0 Å². The summed E-state index contributed by atoms with van der Waals surface area (Å²) in [6, 6.07) is 0. The Labute approximate surface area is 113 Å². The number of aromatic nitrogens is 2. The molecule has 0 atom stereocenters. The van der Waals surface area contributed by atoms with Crippen LogP contribution in [0.15, 0.2) is 12.5 Å². The maximum absolute atomic E-state index is 11.5. The zero-order chi connectivity index (χ0) is 13.9. The molecule has 1 heterocycles. The molecule has 0 aliphatic heterocycles. The molecule has 0 saturated carbocycles. The Morgan fingerprint density at radius 1 is 1.21 bits per heavy atom. The molecule has 0 bridgehead atoms. The topological polar surface area (TPSA) is 86.9 Å². The Morgan fingerprint density at radius 2 is 2.05 bits per heavy atom. The van der Waals surface area contributed by atoms with Crippen LogP contribution in [-0.2, 0) is 16.0 Å². The highest BCUT2D eigenvalue weighted by molar-refractivity contribution is 5.75. The molecule has 2 amide bonds. The van der Waals surface area contributed by atoms with E-state index in [0.717, 1.165) is 31.4 Å². The standard InChI is InChI=1S/C13H22N4O2/c1-11(18)15-7-4-2-3-5-13(19)16-8-6-12-9-14-10-17-12/h9-10H,2-8H2,1H3,(H,14,17)(H,15,18)(H,16,19). The van der Waals surface area contributed by atoms with Gasteiger partial charge in [-0.1, -0.05) is 6.42 Å². The molecule has 0 unspecified atom stereocenters. The molecule has 0 aromatic carbocycles. The smallest absolute Gasteiger partial charge is 0.220 e. The summed E-state index contributed by atoms with van der Waals surface area (Å²) in [6.07, 6.45) is 7.43. The molecule has 1 aromatic rings. The number of hydrogen-bond donors (Lipinski definition) is 3. The van der Waals surface area contributed by atoms with Crippen LogP contribution >= 0.6 is 0 Å². The molecule has 3 N–H and O–H groups in total. The van der Waals surface area contributed by atoms with Crippen LogP contribution in [0.3, 0.4) is 0 Å². The SMILES string of the molecule is CC(=O)NCCCCCC(=O)NCCc1cnc[nH]1. The lowest BCUT2D eigenvalue weighted by atomic mass is 10.2. The minimum atomic E-state index is -0.00319. The average Bonchev–Trinajstić information content (AvgIpc) is 2.86. The molecule has 0 fully saturated rings. The van der Waals surface area contributed by atoms with E-state index in [9.17, 15) is 9.59 Å². The van der Waals surface area contributed by atoms with Crippen molar-refractivity contribution in [2.45, 2.75) is 39.0 Å². The Hall–Kier alpha value is -1.85. The third kappa shape index (κ3) is 7.96. The largest absolute Gasteiger partial charge is 0.356 e. The zero-order valence-electron chi connectivity index (χ0n) is 11.4. The lowest BCUT2D eigenvalue weighted by Gasteiger charge is -2.04. The van der Waals surface area contributed by atoms with Crippen molar-refractivity contribution in [2.24, 2.45) is 0 Å². The van der Waals surface area contributed by atoms with Crippen molar-refractivity contribution in [2.75, 3.05) is 13.1 Å². The van der Waals surface area contributed by atoms with Crippen molar-refractivity contribution in [3.8, 4) is 0 Å². The van der Waals surface area contributed by atoms with Crippen LogP contribution < -0.4 is 10.6 Å². The molecular weight excluding hydrogens is 244 g/mol. The van der Waals surface area contributed by atoms with Crippen molar-refractivity contribution in [1.82, 2.24) is 20.6 Å².